The predicted octanol–water partition coefficient (Wildman–Crippen LogP) is 3.05. The first-order chi connectivity index (χ1) is 13.7. The minimum absolute atomic E-state index is 0.0570. The Kier molecular flexibility index (Phi) is 5.21. The van der Waals surface area contributed by atoms with Crippen molar-refractivity contribution in [1.29, 1.82) is 0 Å². The van der Waals surface area contributed by atoms with Crippen molar-refractivity contribution < 1.29 is 0 Å². The summed E-state index contributed by atoms with van der Waals surface area (Å²) in [5.74, 6) is 0.230. The quantitative estimate of drug-likeness (QED) is 0.370. The van der Waals surface area contributed by atoms with Gasteiger partial charge in [-0.05, 0) is 30.7 Å². The van der Waals surface area contributed by atoms with E-state index < -0.39 is 0 Å². The summed E-state index contributed by atoms with van der Waals surface area (Å²) in [6, 6.07) is 14.4. The highest BCUT2D eigenvalue weighted by atomic mass is 32.2. The number of hydrogen-bond donors (Lipinski definition) is 0. The van der Waals surface area contributed by atoms with Crippen LogP contribution in [0.15, 0.2) is 63.3 Å². The number of benzene rings is 2. The van der Waals surface area contributed by atoms with E-state index in [1.807, 2.05) is 24.3 Å². The summed E-state index contributed by atoms with van der Waals surface area (Å²) in [6.07, 6.45) is 1.85. The molecule has 0 amide bonds. The number of rotatable bonds is 6. The first-order valence-corrected chi connectivity index (χ1v) is 10.1. The topological polar surface area (TPSA) is 82.7 Å². The maximum absolute atomic E-state index is 12.9. The zero-order valence-electron chi connectivity index (χ0n) is 15.4. The van der Waals surface area contributed by atoms with Crippen LogP contribution in [-0.2, 0) is 12.4 Å². The maximum atomic E-state index is 12.9. The maximum Gasteiger partial charge on any atom is 0.278 e. The summed E-state index contributed by atoms with van der Waals surface area (Å²) in [5.41, 5.74) is 0.956. The Morgan fingerprint density at radius 3 is 2.36 bits per heavy atom. The molecule has 0 N–H and O–H groups in total. The number of fused-ring (bicyclic) bond motifs is 2. The molecule has 2 heterocycles. The zero-order valence-corrected chi connectivity index (χ0v) is 16.2. The van der Waals surface area contributed by atoms with E-state index in [4.69, 9.17) is 0 Å². The fraction of sp³-hybridized carbons (Fsp3) is 0.250. The molecule has 0 aliphatic rings. The molecule has 0 spiro atoms. The Morgan fingerprint density at radius 2 is 1.61 bits per heavy atom. The molecule has 7 nitrogen and oxygen atoms in total. The van der Waals surface area contributed by atoms with E-state index in [-0.39, 0.29) is 17.0 Å². The third kappa shape index (κ3) is 3.43. The summed E-state index contributed by atoms with van der Waals surface area (Å²) in [4.78, 5) is 30.2. The van der Waals surface area contributed by atoms with Gasteiger partial charge in [-0.15, -0.1) is 5.10 Å². The molecule has 0 aliphatic carbocycles. The van der Waals surface area contributed by atoms with Gasteiger partial charge in [-0.3, -0.25) is 14.2 Å². The second-order valence-corrected chi connectivity index (χ2v) is 7.32. The van der Waals surface area contributed by atoms with Crippen LogP contribution >= 0.6 is 11.8 Å². The summed E-state index contributed by atoms with van der Waals surface area (Å²) in [5, 5.41) is 9.83. The molecule has 4 rings (SSSR count). The number of para-hydroxylation sites is 1. The minimum atomic E-state index is -0.207. The number of unbranched alkanes of at least 4 members (excludes halogenated alkanes) is 1. The summed E-state index contributed by atoms with van der Waals surface area (Å²) in [7, 11) is 0. The van der Waals surface area contributed by atoms with Crippen molar-refractivity contribution in [3.8, 4) is 0 Å². The number of hydrogen-bond acceptors (Lipinski definition) is 6. The third-order valence-corrected chi connectivity index (χ3v) is 5.45. The van der Waals surface area contributed by atoms with Crippen molar-refractivity contribution in [2.75, 3.05) is 0 Å². The Morgan fingerprint density at radius 1 is 0.929 bits per heavy atom. The average Bonchev–Trinajstić information content (AvgIpc) is 2.73. The monoisotopic (exact) mass is 393 g/mol. The van der Waals surface area contributed by atoms with Gasteiger partial charge >= 0.3 is 0 Å². The van der Waals surface area contributed by atoms with E-state index >= 15 is 0 Å². The van der Waals surface area contributed by atoms with Gasteiger partial charge in [0.15, 0.2) is 5.16 Å². The molecule has 2 aromatic carbocycles. The number of aromatic nitrogens is 5. The van der Waals surface area contributed by atoms with Crippen LogP contribution in [0.2, 0.25) is 0 Å². The highest BCUT2D eigenvalue weighted by molar-refractivity contribution is 7.98. The second kappa shape index (κ2) is 7.93. The molecule has 8 heteroatoms. The van der Waals surface area contributed by atoms with Crippen molar-refractivity contribution in [1.82, 2.24) is 24.5 Å². The normalized spacial score (nSPS) is 11.3. The zero-order chi connectivity index (χ0) is 19.5. The van der Waals surface area contributed by atoms with Gasteiger partial charge in [0.05, 0.1) is 22.2 Å². The van der Waals surface area contributed by atoms with E-state index in [1.165, 1.54) is 16.4 Å². The van der Waals surface area contributed by atoms with Gasteiger partial charge < -0.3 is 0 Å². The summed E-state index contributed by atoms with van der Waals surface area (Å²) >= 11 is 1.31. The Balaban J connectivity index is 1.72. The molecular formula is C20H19N5O2S. The fourth-order valence-corrected chi connectivity index (χ4v) is 3.90. The molecule has 0 aliphatic heterocycles. The number of thioether (sulfide) groups is 1. The van der Waals surface area contributed by atoms with E-state index in [9.17, 15) is 9.59 Å². The lowest BCUT2D eigenvalue weighted by Gasteiger charge is -2.13. The summed E-state index contributed by atoms with van der Waals surface area (Å²) < 4.78 is 2.99. The average molecular weight is 393 g/mol. The largest absolute Gasteiger partial charge is 0.287 e. The Hall–Kier alpha value is -3.00. The van der Waals surface area contributed by atoms with Gasteiger partial charge in [0, 0.05) is 6.54 Å². The standard InChI is InChI=1S/C20H19N5O2S/c1-2-3-12-24-18(26)14-8-4-6-10-16(14)21-20(24)28-13-25-19(27)15-9-5-7-11-17(15)22-23-25/h4-11H,2-3,12-13H2,1H3. The molecule has 142 valence electrons. The fourth-order valence-electron chi connectivity index (χ4n) is 3.00. The molecule has 0 atom stereocenters. The molecule has 0 fully saturated rings. The lowest BCUT2D eigenvalue weighted by Crippen LogP contribution is -2.26. The van der Waals surface area contributed by atoms with Gasteiger partial charge in [0.2, 0.25) is 0 Å². The highest BCUT2D eigenvalue weighted by Crippen LogP contribution is 2.19. The molecule has 4 aromatic rings. The lowest BCUT2D eigenvalue weighted by atomic mass is 10.2. The van der Waals surface area contributed by atoms with Crippen LogP contribution in [0.1, 0.15) is 19.8 Å². The molecule has 2 aromatic heterocycles. The van der Waals surface area contributed by atoms with Crippen LogP contribution in [0.5, 0.6) is 0 Å². The predicted molar refractivity (Wildman–Crippen MR) is 111 cm³/mol. The van der Waals surface area contributed by atoms with Crippen LogP contribution in [-0.4, -0.2) is 24.5 Å². The van der Waals surface area contributed by atoms with E-state index in [1.54, 1.807) is 28.8 Å². The molecule has 0 saturated carbocycles. The third-order valence-electron chi connectivity index (χ3n) is 4.51. The van der Waals surface area contributed by atoms with Gasteiger partial charge in [0.25, 0.3) is 11.1 Å². The van der Waals surface area contributed by atoms with E-state index in [2.05, 4.69) is 22.2 Å². The van der Waals surface area contributed by atoms with Crippen LogP contribution < -0.4 is 11.1 Å². The van der Waals surface area contributed by atoms with Crippen LogP contribution in [0, 0.1) is 0 Å². The van der Waals surface area contributed by atoms with Crippen LogP contribution in [0.4, 0.5) is 0 Å². The highest BCUT2D eigenvalue weighted by Gasteiger charge is 2.13. The van der Waals surface area contributed by atoms with Crippen molar-refractivity contribution in [3.05, 3.63) is 69.2 Å². The lowest BCUT2D eigenvalue weighted by molar-refractivity contribution is 0.555. The molecular weight excluding hydrogens is 374 g/mol. The smallest absolute Gasteiger partial charge is 0.278 e. The van der Waals surface area contributed by atoms with Gasteiger partial charge in [-0.1, -0.05) is 54.6 Å². The van der Waals surface area contributed by atoms with Crippen molar-refractivity contribution in [2.45, 2.75) is 37.3 Å². The first-order valence-electron chi connectivity index (χ1n) is 9.14. The SMILES string of the molecule is CCCCn1c(SCn2nnc3ccccc3c2=O)nc2ccccc2c1=O. The number of nitrogens with zero attached hydrogens (tertiary/aromatic N) is 5. The van der Waals surface area contributed by atoms with Gasteiger partial charge in [0.1, 0.15) is 5.52 Å². The molecule has 28 heavy (non-hydrogen) atoms. The minimum Gasteiger partial charge on any atom is -0.287 e. The van der Waals surface area contributed by atoms with Crippen LogP contribution in [0.3, 0.4) is 0 Å². The first kappa shape index (κ1) is 18.4. The van der Waals surface area contributed by atoms with Crippen LogP contribution in [0.25, 0.3) is 21.8 Å². The molecule has 0 radical (unpaired) electrons. The molecule has 0 unspecified atom stereocenters. The van der Waals surface area contributed by atoms with Gasteiger partial charge in [-0.25, -0.2) is 4.98 Å². The van der Waals surface area contributed by atoms with Crippen molar-refractivity contribution >= 4 is 33.6 Å². The molecule has 0 bridgehead atoms. The van der Waals surface area contributed by atoms with E-state index in [0.29, 0.717) is 33.5 Å². The van der Waals surface area contributed by atoms with Crippen molar-refractivity contribution in [3.63, 3.8) is 0 Å². The molecule has 0 saturated heterocycles. The Labute approximate surface area is 165 Å². The summed E-state index contributed by atoms with van der Waals surface area (Å²) in [6.45, 7) is 2.67. The van der Waals surface area contributed by atoms with Crippen molar-refractivity contribution in [2.24, 2.45) is 0 Å². The van der Waals surface area contributed by atoms with E-state index in [0.717, 1.165) is 12.8 Å². The second-order valence-electron chi connectivity index (χ2n) is 6.41. The van der Waals surface area contributed by atoms with Gasteiger partial charge in [-0.2, -0.15) is 4.68 Å². The Bertz CT molecular complexity index is 1260.